The predicted octanol–water partition coefficient (Wildman–Crippen LogP) is 2.55. The van der Waals surface area contributed by atoms with Crippen molar-refractivity contribution in [2.24, 2.45) is 0 Å². The van der Waals surface area contributed by atoms with E-state index in [-0.39, 0.29) is 6.04 Å². The number of aromatic nitrogens is 1. The Bertz CT molecular complexity index is 770. The fourth-order valence-electron chi connectivity index (χ4n) is 4.99. The lowest BCUT2D eigenvalue weighted by Crippen LogP contribution is -2.55. The van der Waals surface area contributed by atoms with Crippen LogP contribution in [0.1, 0.15) is 42.5 Å². The van der Waals surface area contributed by atoms with E-state index in [1.807, 2.05) is 0 Å². The lowest BCUT2D eigenvalue weighted by molar-refractivity contribution is -0.110. The molecule has 4 rings (SSSR count). The maximum absolute atomic E-state index is 11.0. The summed E-state index contributed by atoms with van der Waals surface area (Å²) < 4.78 is 5.43. The first kappa shape index (κ1) is 16.6. The van der Waals surface area contributed by atoms with Gasteiger partial charge in [-0.3, -0.25) is 9.69 Å². The average molecular weight is 341 g/mol. The third kappa shape index (κ3) is 2.75. The van der Waals surface area contributed by atoms with Gasteiger partial charge in [0.25, 0.3) is 0 Å². The van der Waals surface area contributed by atoms with Crippen LogP contribution in [0.15, 0.2) is 18.2 Å². The van der Waals surface area contributed by atoms with E-state index in [0.29, 0.717) is 18.6 Å². The molecule has 2 aliphatic rings. The van der Waals surface area contributed by atoms with Gasteiger partial charge >= 0.3 is 0 Å². The van der Waals surface area contributed by atoms with E-state index in [9.17, 15) is 4.79 Å². The highest BCUT2D eigenvalue weighted by molar-refractivity contribution is 5.89. The molecule has 1 aromatic heterocycles. The molecule has 1 aliphatic heterocycles. The second-order valence-electron chi connectivity index (χ2n) is 7.37. The number of likely N-dealkylation sites (tertiary alicyclic amines) is 1. The Labute approximate surface area is 148 Å². The maximum atomic E-state index is 11.0. The minimum atomic E-state index is 0.236. The zero-order chi connectivity index (χ0) is 17.4. The number of hydrogen-bond acceptors (Lipinski definition) is 3. The summed E-state index contributed by atoms with van der Waals surface area (Å²) in [4.78, 5) is 17.2. The molecule has 5 heteroatoms. The number of rotatable bonds is 6. The summed E-state index contributed by atoms with van der Waals surface area (Å²) in [7, 11) is 1.75. The highest BCUT2D eigenvalue weighted by Crippen LogP contribution is 2.44. The van der Waals surface area contributed by atoms with Gasteiger partial charge in [-0.1, -0.05) is 19.1 Å². The van der Waals surface area contributed by atoms with Gasteiger partial charge in [-0.2, -0.15) is 0 Å². The normalized spacial score (nSPS) is 25.8. The Balaban J connectivity index is 1.79. The molecule has 134 valence electrons. The van der Waals surface area contributed by atoms with Gasteiger partial charge in [0.05, 0.1) is 6.61 Å². The van der Waals surface area contributed by atoms with Crippen molar-refractivity contribution in [3.8, 4) is 0 Å². The van der Waals surface area contributed by atoms with E-state index < -0.39 is 0 Å². The van der Waals surface area contributed by atoms with E-state index in [1.165, 1.54) is 27.7 Å². The molecule has 1 saturated heterocycles. The van der Waals surface area contributed by atoms with Crippen molar-refractivity contribution >= 4 is 17.3 Å². The molecule has 25 heavy (non-hydrogen) atoms. The van der Waals surface area contributed by atoms with Crippen LogP contribution in [-0.2, 0) is 22.6 Å². The van der Waals surface area contributed by atoms with Crippen molar-refractivity contribution in [2.75, 3.05) is 20.2 Å². The number of amides is 1. The number of nitrogens with zero attached hydrogens (tertiary/aromatic N) is 1. The molecule has 1 aliphatic carbocycles. The van der Waals surface area contributed by atoms with E-state index in [2.05, 4.69) is 40.3 Å². The Morgan fingerprint density at radius 2 is 2.32 bits per heavy atom. The minimum Gasteiger partial charge on any atom is -0.378 e. The van der Waals surface area contributed by atoms with Gasteiger partial charge in [-0.15, -0.1) is 0 Å². The molecule has 5 nitrogen and oxygen atoms in total. The number of methoxy groups -OCH3 is 1. The molecule has 2 aromatic rings. The van der Waals surface area contributed by atoms with Crippen molar-refractivity contribution in [3.05, 3.63) is 35.0 Å². The summed E-state index contributed by atoms with van der Waals surface area (Å²) in [6.45, 7) is 4.88. The lowest BCUT2D eigenvalue weighted by Gasteiger charge is -2.47. The SMILES string of the molecule is CCCN1C[C@@H](NC=O)CC2c3cccc4[nH]c(COC)c(c34)C[C@H]21. The highest BCUT2D eigenvalue weighted by atomic mass is 16.5. The van der Waals surface area contributed by atoms with Crippen LogP contribution in [0.3, 0.4) is 0 Å². The average Bonchev–Trinajstić information content (AvgIpc) is 2.96. The molecule has 1 aromatic carbocycles. The topological polar surface area (TPSA) is 57.4 Å². The summed E-state index contributed by atoms with van der Waals surface area (Å²) in [5.41, 5.74) is 5.29. The summed E-state index contributed by atoms with van der Waals surface area (Å²) in [5, 5.41) is 4.43. The van der Waals surface area contributed by atoms with Crippen molar-refractivity contribution in [3.63, 3.8) is 0 Å². The molecular formula is C20H27N3O2. The fourth-order valence-corrected chi connectivity index (χ4v) is 4.99. The molecule has 1 amide bonds. The smallest absolute Gasteiger partial charge is 0.207 e. The lowest BCUT2D eigenvalue weighted by atomic mass is 9.73. The van der Waals surface area contributed by atoms with Gasteiger partial charge in [-0.25, -0.2) is 0 Å². The minimum absolute atomic E-state index is 0.236. The molecule has 1 fully saturated rings. The van der Waals surface area contributed by atoms with Crippen LogP contribution < -0.4 is 5.32 Å². The number of hydrogen-bond donors (Lipinski definition) is 2. The van der Waals surface area contributed by atoms with E-state index in [1.54, 1.807) is 7.11 Å². The third-order valence-corrected chi connectivity index (χ3v) is 5.89. The van der Waals surface area contributed by atoms with Gasteiger partial charge < -0.3 is 15.0 Å². The van der Waals surface area contributed by atoms with Gasteiger partial charge in [-0.05, 0) is 43.0 Å². The fraction of sp³-hybridized carbons (Fsp3) is 0.550. The number of carbonyl (C=O) groups excluding carboxylic acids is 1. The van der Waals surface area contributed by atoms with Crippen LogP contribution in [0, 0.1) is 0 Å². The van der Waals surface area contributed by atoms with Crippen molar-refractivity contribution < 1.29 is 9.53 Å². The molecule has 1 unspecified atom stereocenters. The van der Waals surface area contributed by atoms with Crippen LogP contribution in [0.25, 0.3) is 10.9 Å². The van der Waals surface area contributed by atoms with Gasteiger partial charge in [0.1, 0.15) is 0 Å². The Kier molecular flexibility index (Phi) is 4.52. The van der Waals surface area contributed by atoms with Crippen molar-refractivity contribution in [1.29, 1.82) is 0 Å². The monoisotopic (exact) mass is 341 g/mol. The Morgan fingerprint density at radius 1 is 1.44 bits per heavy atom. The summed E-state index contributed by atoms with van der Waals surface area (Å²) in [5.74, 6) is 0.472. The number of carbonyl (C=O) groups is 1. The van der Waals surface area contributed by atoms with Crippen molar-refractivity contribution in [2.45, 2.75) is 50.8 Å². The molecule has 0 radical (unpaired) electrons. The number of H-pyrrole nitrogens is 1. The third-order valence-electron chi connectivity index (χ3n) is 5.89. The standard InChI is InChI=1S/C20H27N3O2/c1-3-7-23-10-13(21-12-24)8-15-14-5-4-6-17-20(14)16(9-19(15)23)18(22-17)11-25-2/h4-6,12-13,15,19,22H,3,7-11H2,1-2H3,(H,21,24)/t13-,15?,19+/m0/s1. The number of aromatic amines is 1. The second-order valence-corrected chi connectivity index (χ2v) is 7.37. The zero-order valence-electron chi connectivity index (χ0n) is 15.0. The predicted molar refractivity (Wildman–Crippen MR) is 98.7 cm³/mol. The quantitative estimate of drug-likeness (QED) is 0.794. The van der Waals surface area contributed by atoms with E-state index in [4.69, 9.17) is 4.74 Å². The van der Waals surface area contributed by atoms with Crippen LogP contribution in [0.4, 0.5) is 0 Å². The molecule has 0 saturated carbocycles. The summed E-state index contributed by atoms with van der Waals surface area (Å²) in [6, 6.07) is 7.34. The maximum Gasteiger partial charge on any atom is 0.207 e. The highest BCUT2D eigenvalue weighted by Gasteiger charge is 2.41. The zero-order valence-corrected chi connectivity index (χ0v) is 15.0. The second kappa shape index (κ2) is 6.81. The van der Waals surface area contributed by atoms with E-state index >= 15 is 0 Å². The largest absolute Gasteiger partial charge is 0.378 e. The Hall–Kier alpha value is -1.85. The first-order valence-electron chi connectivity index (χ1n) is 9.31. The molecule has 0 spiro atoms. The van der Waals surface area contributed by atoms with Crippen molar-refractivity contribution in [1.82, 2.24) is 15.2 Å². The number of fused-ring (bicyclic) bond motifs is 2. The number of nitrogens with one attached hydrogen (secondary N) is 2. The molecular weight excluding hydrogens is 314 g/mol. The molecule has 3 atom stereocenters. The summed E-state index contributed by atoms with van der Waals surface area (Å²) in [6.07, 6.45) is 4.07. The number of ether oxygens (including phenoxy) is 1. The van der Waals surface area contributed by atoms with Crippen LogP contribution in [0.2, 0.25) is 0 Å². The molecule has 0 bridgehead atoms. The van der Waals surface area contributed by atoms with Gasteiger partial charge in [0.2, 0.25) is 6.41 Å². The summed E-state index contributed by atoms with van der Waals surface area (Å²) >= 11 is 0. The number of piperidine rings is 1. The molecule has 2 heterocycles. The number of benzene rings is 1. The van der Waals surface area contributed by atoms with Crippen LogP contribution in [-0.4, -0.2) is 48.6 Å². The first-order valence-corrected chi connectivity index (χ1v) is 9.31. The van der Waals surface area contributed by atoms with Crippen LogP contribution >= 0.6 is 0 Å². The Morgan fingerprint density at radius 3 is 3.08 bits per heavy atom. The van der Waals surface area contributed by atoms with E-state index in [0.717, 1.165) is 38.8 Å². The van der Waals surface area contributed by atoms with Gasteiger partial charge in [0.15, 0.2) is 0 Å². The molecule has 2 N–H and O–H groups in total. The van der Waals surface area contributed by atoms with Crippen LogP contribution in [0.5, 0.6) is 0 Å². The first-order chi connectivity index (χ1) is 12.3. The van der Waals surface area contributed by atoms with Gasteiger partial charge in [0, 0.05) is 48.3 Å².